The lowest BCUT2D eigenvalue weighted by molar-refractivity contribution is 0.0667. The zero-order valence-electron chi connectivity index (χ0n) is 15.3. The van der Waals surface area contributed by atoms with Crippen LogP contribution < -0.4 is 0 Å². The van der Waals surface area contributed by atoms with Gasteiger partial charge in [0.25, 0.3) is 5.91 Å². The maximum absolute atomic E-state index is 12.9. The van der Waals surface area contributed by atoms with E-state index in [4.69, 9.17) is 4.52 Å². The summed E-state index contributed by atoms with van der Waals surface area (Å²) in [4.78, 5) is 19.1. The van der Waals surface area contributed by atoms with Crippen LogP contribution in [0.15, 0.2) is 59.1 Å². The van der Waals surface area contributed by atoms with Gasteiger partial charge in [0.2, 0.25) is 11.7 Å². The number of aromatic nitrogens is 2. The van der Waals surface area contributed by atoms with Crippen LogP contribution in [0, 0.1) is 0 Å². The highest BCUT2D eigenvalue weighted by molar-refractivity contribution is 5.94. The molecule has 0 saturated heterocycles. The number of hydrogen-bond acceptors (Lipinski definition) is 4. The smallest absolute Gasteiger partial charge is 0.254 e. The first-order valence-corrected chi connectivity index (χ1v) is 8.86. The lowest BCUT2D eigenvalue weighted by Gasteiger charge is -2.25. The number of amides is 1. The summed E-state index contributed by atoms with van der Waals surface area (Å²) in [5, 5.41) is 4.03. The lowest BCUT2D eigenvalue weighted by Crippen LogP contribution is -2.36. The number of hydrogen-bond donors (Lipinski definition) is 0. The fourth-order valence-corrected chi connectivity index (χ4v) is 2.71. The zero-order chi connectivity index (χ0) is 18.5. The highest BCUT2D eigenvalue weighted by atomic mass is 16.5. The third-order valence-corrected chi connectivity index (χ3v) is 4.30. The third-order valence-electron chi connectivity index (χ3n) is 4.30. The van der Waals surface area contributed by atoms with Crippen molar-refractivity contribution in [3.8, 4) is 11.4 Å². The van der Waals surface area contributed by atoms with Crippen LogP contribution in [-0.4, -0.2) is 27.0 Å². The number of benzene rings is 2. The highest BCUT2D eigenvalue weighted by Crippen LogP contribution is 2.18. The van der Waals surface area contributed by atoms with Gasteiger partial charge >= 0.3 is 0 Å². The van der Waals surface area contributed by atoms with Gasteiger partial charge in [-0.2, -0.15) is 4.98 Å². The molecule has 0 N–H and O–H groups in total. The van der Waals surface area contributed by atoms with E-state index in [0.29, 0.717) is 17.3 Å². The Morgan fingerprint density at radius 1 is 1.08 bits per heavy atom. The molecule has 0 saturated carbocycles. The van der Waals surface area contributed by atoms with Crippen LogP contribution in [0.5, 0.6) is 0 Å². The lowest BCUT2D eigenvalue weighted by atomic mass is 10.1. The molecular formula is C21H23N3O2. The Labute approximate surface area is 153 Å². The maximum Gasteiger partial charge on any atom is 0.254 e. The first-order valence-electron chi connectivity index (χ1n) is 8.86. The van der Waals surface area contributed by atoms with Gasteiger partial charge in [-0.15, -0.1) is 0 Å². The second kappa shape index (κ2) is 7.95. The molecule has 0 aliphatic heterocycles. The molecule has 3 aromatic rings. The van der Waals surface area contributed by atoms with Crippen LogP contribution >= 0.6 is 0 Å². The van der Waals surface area contributed by atoms with Crippen LogP contribution in [-0.2, 0) is 13.0 Å². The summed E-state index contributed by atoms with van der Waals surface area (Å²) in [6.45, 7) is 6.34. The Hall–Kier alpha value is -2.95. The van der Waals surface area contributed by atoms with Crippen LogP contribution in [0.4, 0.5) is 0 Å². The minimum atomic E-state index is -0.0397. The van der Waals surface area contributed by atoms with Crippen LogP contribution in [0.2, 0.25) is 0 Å². The molecule has 1 amide bonds. The Morgan fingerprint density at radius 2 is 1.77 bits per heavy atom. The molecule has 0 atom stereocenters. The van der Waals surface area contributed by atoms with Crippen molar-refractivity contribution >= 4 is 5.91 Å². The van der Waals surface area contributed by atoms with Crippen molar-refractivity contribution in [1.29, 1.82) is 0 Å². The summed E-state index contributed by atoms with van der Waals surface area (Å²) in [6, 6.07) is 17.4. The largest absolute Gasteiger partial charge is 0.337 e. The Morgan fingerprint density at radius 3 is 2.38 bits per heavy atom. The molecular weight excluding hydrogens is 326 g/mol. The molecule has 1 heterocycles. The van der Waals surface area contributed by atoms with Gasteiger partial charge in [-0.3, -0.25) is 4.79 Å². The molecule has 0 aliphatic rings. The van der Waals surface area contributed by atoms with Gasteiger partial charge in [-0.1, -0.05) is 54.5 Å². The third kappa shape index (κ3) is 3.99. The molecule has 0 unspecified atom stereocenters. The second-order valence-electron chi connectivity index (χ2n) is 6.46. The summed E-state index contributed by atoms with van der Waals surface area (Å²) >= 11 is 0. The molecule has 0 aliphatic carbocycles. The maximum atomic E-state index is 12.9. The predicted molar refractivity (Wildman–Crippen MR) is 101 cm³/mol. The molecule has 1 aromatic heterocycles. The van der Waals surface area contributed by atoms with Crippen LogP contribution in [0.3, 0.4) is 0 Å². The summed E-state index contributed by atoms with van der Waals surface area (Å²) in [5.41, 5.74) is 2.76. The number of carbonyl (C=O) groups is 1. The molecule has 134 valence electrons. The van der Waals surface area contributed by atoms with Crippen molar-refractivity contribution < 1.29 is 9.32 Å². The molecule has 0 radical (unpaired) electrons. The van der Waals surface area contributed by atoms with E-state index in [0.717, 1.165) is 12.0 Å². The predicted octanol–water partition coefficient (Wildman–Crippen LogP) is 4.35. The van der Waals surface area contributed by atoms with Crippen LogP contribution in [0.1, 0.15) is 42.6 Å². The summed E-state index contributed by atoms with van der Waals surface area (Å²) < 4.78 is 5.37. The van der Waals surface area contributed by atoms with E-state index in [-0.39, 0.29) is 18.5 Å². The molecule has 0 fully saturated rings. The van der Waals surface area contributed by atoms with E-state index in [1.807, 2.05) is 68.4 Å². The number of rotatable bonds is 6. The molecule has 0 spiro atoms. The van der Waals surface area contributed by atoms with E-state index in [1.165, 1.54) is 5.56 Å². The van der Waals surface area contributed by atoms with Crippen LogP contribution in [0.25, 0.3) is 11.4 Å². The van der Waals surface area contributed by atoms with E-state index >= 15 is 0 Å². The van der Waals surface area contributed by atoms with Crippen molar-refractivity contribution in [2.24, 2.45) is 0 Å². The first kappa shape index (κ1) is 17.9. The minimum absolute atomic E-state index is 0.0143. The Bertz CT molecular complexity index is 854. The standard InChI is InChI=1S/C21H23N3O2/c1-4-16-10-12-18(13-11-16)21(25)24(15(2)3)14-19-22-20(23-26-19)17-8-6-5-7-9-17/h5-13,15H,4,14H2,1-3H3. The van der Waals surface area contributed by atoms with Gasteiger partial charge < -0.3 is 9.42 Å². The number of nitrogens with zero attached hydrogens (tertiary/aromatic N) is 3. The van der Waals surface area contributed by atoms with Crippen molar-refractivity contribution in [2.75, 3.05) is 0 Å². The molecule has 2 aromatic carbocycles. The fourth-order valence-electron chi connectivity index (χ4n) is 2.71. The van der Waals surface area contributed by atoms with Gasteiger partial charge in [0.05, 0.1) is 0 Å². The van der Waals surface area contributed by atoms with Gasteiger partial charge in [-0.25, -0.2) is 0 Å². The molecule has 26 heavy (non-hydrogen) atoms. The average Bonchev–Trinajstić information content (AvgIpc) is 3.15. The van der Waals surface area contributed by atoms with Gasteiger partial charge in [0.1, 0.15) is 6.54 Å². The summed E-state index contributed by atoms with van der Waals surface area (Å²) in [6.07, 6.45) is 0.951. The highest BCUT2D eigenvalue weighted by Gasteiger charge is 2.22. The van der Waals surface area contributed by atoms with Crippen molar-refractivity contribution in [2.45, 2.75) is 39.8 Å². The van der Waals surface area contributed by atoms with E-state index in [9.17, 15) is 4.79 Å². The minimum Gasteiger partial charge on any atom is -0.337 e. The van der Waals surface area contributed by atoms with Crippen molar-refractivity contribution in [3.63, 3.8) is 0 Å². The number of carbonyl (C=O) groups excluding carboxylic acids is 1. The van der Waals surface area contributed by atoms with Gasteiger partial charge in [0.15, 0.2) is 0 Å². The fraction of sp³-hybridized carbons (Fsp3) is 0.286. The Kier molecular flexibility index (Phi) is 5.46. The molecule has 0 bridgehead atoms. The monoisotopic (exact) mass is 349 g/mol. The summed E-state index contributed by atoms with van der Waals surface area (Å²) in [7, 11) is 0. The zero-order valence-corrected chi connectivity index (χ0v) is 15.3. The van der Waals surface area contributed by atoms with Gasteiger partial charge in [0, 0.05) is 17.2 Å². The SMILES string of the molecule is CCc1ccc(C(=O)N(Cc2nc(-c3ccccc3)no2)C(C)C)cc1. The van der Waals surface area contributed by atoms with E-state index in [2.05, 4.69) is 17.1 Å². The van der Waals surface area contributed by atoms with Crippen molar-refractivity contribution in [1.82, 2.24) is 15.0 Å². The molecule has 3 rings (SSSR count). The molecule has 5 heteroatoms. The summed E-state index contributed by atoms with van der Waals surface area (Å²) in [5.74, 6) is 0.919. The van der Waals surface area contributed by atoms with Gasteiger partial charge in [-0.05, 0) is 38.0 Å². The normalized spacial score (nSPS) is 10.9. The second-order valence-corrected chi connectivity index (χ2v) is 6.46. The first-order chi connectivity index (χ1) is 12.6. The van der Waals surface area contributed by atoms with E-state index < -0.39 is 0 Å². The number of aryl methyl sites for hydroxylation is 1. The Balaban J connectivity index is 1.78. The van der Waals surface area contributed by atoms with Crippen molar-refractivity contribution in [3.05, 3.63) is 71.6 Å². The van der Waals surface area contributed by atoms with E-state index in [1.54, 1.807) is 4.90 Å². The average molecular weight is 349 g/mol. The molecule has 5 nitrogen and oxygen atoms in total. The quantitative estimate of drug-likeness (QED) is 0.664. The topological polar surface area (TPSA) is 59.2 Å².